The molecule has 1 aliphatic rings. The van der Waals surface area contributed by atoms with Crippen LogP contribution in [-0.4, -0.2) is 39.6 Å². The van der Waals surface area contributed by atoms with Crippen molar-refractivity contribution in [3.8, 4) is 0 Å². The summed E-state index contributed by atoms with van der Waals surface area (Å²) < 4.78 is 13.8. The second kappa shape index (κ2) is 8.14. The number of carbonyl (C=O) groups excluding carboxylic acids is 1. The maximum absolute atomic E-state index is 13.8. The van der Waals surface area contributed by atoms with E-state index in [1.165, 1.54) is 22.7 Å². The van der Waals surface area contributed by atoms with E-state index in [4.69, 9.17) is 0 Å². The minimum absolute atomic E-state index is 0.0956. The highest BCUT2D eigenvalue weighted by Crippen LogP contribution is 2.29. The maximum Gasteiger partial charge on any atom is 0.233 e. The molecule has 3 aromatic rings. The van der Waals surface area contributed by atoms with Crippen LogP contribution in [0.4, 0.5) is 10.2 Å². The fourth-order valence-corrected chi connectivity index (χ4v) is 3.65. The summed E-state index contributed by atoms with van der Waals surface area (Å²) in [4.78, 5) is 23.2. The van der Waals surface area contributed by atoms with Crippen LogP contribution >= 0.6 is 11.8 Å². The highest BCUT2D eigenvalue weighted by molar-refractivity contribution is 7.99. The van der Waals surface area contributed by atoms with E-state index in [0.29, 0.717) is 16.8 Å². The van der Waals surface area contributed by atoms with Crippen LogP contribution in [0, 0.1) is 5.82 Å². The normalized spacial score (nSPS) is 13.5. The summed E-state index contributed by atoms with van der Waals surface area (Å²) in [7, 11) is 1.68. The average molecular weight is 396 g/mol. The van der Waals surface area contributed by atoms with Gasteiger partial charge in [0.05, 0.1) is 11.3 Å². The zero-order valence-electron chi connectivity index (χ0n) is 15.6. The average Bonchev–Trinajstić information content (AvgIpc) is 3.52. The first-order chi connectivity index (χ1) is 13.6. The van der Waals surface area contributed by atoms with E-state index in [1.807, 2.05) is 24.3 Å². The number of amides is 1. The molecule has 4 rings (SSSR count). The van der Waals surface area contributed by atoms with Gasteiger partial charge in [-0.2, -0.15) is 0 Å². The Hall–Kier alpha value is -2.67. The highest BCUT2D eigenvalue weighted by Gasteiger charge is 2.23. The fraction of sp³-hybridized carbons (Fsp3) is 0.286. The van der Waals surface area contributed by atoms with Crippen LogP contribution in [0.25, 0.3) is 10.9 Å². The van der Waals surface area contributed by atoms with Gasteiger partial charge in [0, 0.05) is 30.6 Å². The van der Waals surface area contributed by atoms with Gasteiger partial charge in [-0.3, -0.25) is 4.79 Å². The van der Waals surface area contributed by atoms with Gasteiger partial charge >= 0.3 is 0 Å². The Balaban J connectivity index is 1.44. The third kappa shape index (κ3) is 4.42. The van der Waals surface area contributed by atoms with Crippen molar-refractivity contribution in [1.29, 1.82) is 0 Å². The van der Waals surface area contributed by atoms with Gasteiger partial charge in [-0.25, -0.2) is 14.4 Å². The molecular formula is C21H21FN4OS. The van der Waals surface area contributed by atoms with E-state index >= 15 is 0 Å². The molecular weight excluding hydrogens is 375 g/mol. The molecule has 1 heterocycles. The molecule has 5 nitrogen and oxygen atoms in total. The summed E-state index contributed by atoms with van der Waals surface area (Å²) in [6.07, 6.45) is 2.31. The van der Waals surface area contributed by atoms with Gasteiger partial charge < -0.3 is 10.2 Å². The van der Waals surface area contributed by atoms with Crippen LogP contribution in [-0.2, 0) is 11.3 Å². The number of aromatic nitrogens is 2. The second-order valence-electron chi connectivity index (χ2n) is 6.92. The molecule has 0 unspecified atom stereocenters. The van der Waals surface area contributed by atoms with E-state index in [9.17, 15) is 9.18 Å². The van der Waals surface area contributed by atoms with Gasteiger partial charge in [-0.05, 0) is 31.0 Å². The quantitative estimate of drug-likeness (QED) is 0.481. The first-order valence-electron chi connectivity index (χ1n) is 9.23. The van der Waals surface area contributed by atoms with Crippen molar-refractivity contribution in [3.05, 3.63) is 59.9 Å². The summed E-state index contributed by atoms with van der Waals surface area (Å²) in [5.41, 5.74) is 1.36. The van der Waals surface area contributed by atoms with Crippen LogP contribution in [0.3, 0.4) is 0 Å². The minimum atomic E-state index is -0.302. The van der Waals surface area contributed by atoms with E-state index < -0.39 is 0 Å². The van der Waals surface area contributed by atoms with Crippen molar-refractivity contribution in [3.63, 3.8) is 0 Å². The minimum Gasteiger partial charge on any atom is -0.367 e. The molecule has 2 aromatic carbocycles. The number of nitrogens with zero attached hydrogens (tertiary/aromatic N) is 3. The highest BCUT2D eigenvalue weighted by atomic mass is 32.2. The van der Waals surface area contributed by atoms with Gasteiger partial charge in [0.1, 0.15) is 11.6 Å². The standard InChI is InChI=1S/C21H21FN4OS/c1-26(12-14-6-2-4-8-17(14)22)19(27)13-28-21-24-18-9-5-3-7-16(18)20(25-21)23-15-10-11-15/h2-9,15H,10-13H2,1H3,(H,23,24,25). The number of rotatable bonds is 7. The molecule has 7 heteroatoms. The predicted octanol–water partition coefficient (Wildman–Crippen LogP) is 4.09. The Morgan fingerprint density at radius 1 is 1.18 bits per heavy atom. The molecule has 1 N–H and O–H groups in total. The second-order valence-corrected chi connectivity index (χ2v) is 7.86. The van der Waals surface area contributed by atoms with Crippen LogP contribution in [0.1, 0.15) is 18.4 Å². The number of para-hydroxylation sites is 1. The number of thioether (sulfide) groups is 1. The lowest BCUT2D eigenvalue weighted by Crippen LogP contribution is -2.28. The molecule has 1 saturated carbocycles. The van der Waals surface area contributed by atoms with Crippen LogP contribution in [0.15, 0.2) is 53.7 Å². The van der Waals surface area contributed by atoms with Crippen LogP contribution in [0.2, 0.25) is 0 Å². The number of hydrogen-bond acceptors (Lipinski definition) is 5. The topological polar surface area (TPSA) is 58.1 Å². The summed E-state index contributed by atoms with van der Waals surface area (Å²) in [5.74, 6) is 0.625. The van der Waals surface area contributed by atoms with Crippen molar-refractivity contribution in [2.24, 2.45) is 0 Å². The molecule has 0 spiro atoms. The number of hydrogen-bond donors (Lipinski definition) is 1. The van der Waals surface area contributed by atoms with E-state index in [2.05, 4.69) is 15.3 Å². The van der Waals surface area contributed by atoms with Gasteiger partial charge in [-0.15, -0.1) is 0 Å². The molecule has 1 fully saturated rings. The third-order valence-corrected chi connectivity index (χ3v) is 5.45. The lowest BCUT2D eigenvalue weighted by molar-refractivity contribution is -0.127. The molecule has 0 radical (unpaired) electrons. The Bertz CT molecular complexity index is 1010. The van der Waals surface area contributed by atoms with Crippen molar-refractivity contribution >= 4 is 34.4 Å². The van der Waals surface area contributed by atoms with E-state index in [1.54, 1.807) is 25.2 Å². The molecule has 144 valence electrons. The maximum atomic E-state index is 13.8. The van der Waals surface area contributed by atoms with Crippen molar-refractivity contribution in [2.75, 3.05) is 18.1 Å². The fourth-order valence-electron chi connectivity index (χ4n) is 2.86. The lowest BCUT2D eigenvalue weighted by atomic mass is 10.2. The zero-order valence-corrected chi connectivity index (χ0v) is 16.4. The number of halogens is 1. The monoisotopic (exact) mass is 396 g/mol. The molecule has 28 heavy (non-hydrogen) atoms. The van der Waals surface area contributed by atoms with Crippen molar-refractivity contribution < 1.29 is 9.18 Å². The Morgan fingerprint density at radius 3 is 2.71 bits per heavy atom. The summed E-state index contributed by atoms with van der Waals surface area (Å²) in [5, 5.41) is 5.00. The van der Waals surface area contributed by atoms with Crippen molar-refractivity contribution in [1.82, 2.24) is 14.9 Å². The summed E-state index contributed by atoms with van der Waals surface area (Å²) in [6, 6.07) is 14.8. The Morgan fingerprint density at radius 2 is 1.93 bits per heavy atom. The van der Waals surface area contributed by atoms with E-state index in [0.717, 1.165) is 29.6 Å². The lowest BCUT2D eigenvalue weighted by Gasteiger charge is -2.17. The molecule has 1 aromatic heterocycles. The Labute approximate surface area is 167 Å². The smallest absolute Gasteiger partial charge is 0.233 e. The first kappa shape index (κ1) is 18.7. The number of benzene rings is 2. The summed E-state index contributed by atoms with van der Waals surface area (Å²) in [6.45, 7) is 0.235. The Kier molecular flexibility index (Phi) is 5.43. The molecule has 0 aliphatic heterocycles. The zero-order chi connectivity index (χ0) is 19.5. The predicted molar refractivity (Wildman–Crippen MR) is 110 cm³/mol. The molecule has 0 bridgehead atoms. The van der Waals surface area contributed by atoms with Crippen LogP contribution in [0.5, 0.6) is 0 Å². The van der Waals surface area contributed by atoms with Gasteiger partial charge in [0.2, 0.25) is 5.91 Å². The number of fused-ring (bicyclic) bond motifs is 1. The SMILES string of the molecule is CN(Cc1ccccc1F)C(=O)CSc1nc(NC2CC2)c2ccccc2n1. The number of nitrogens with one attached hydrogen (secondary N) is 1. The summed E-state index contributed by atoms with van der Waals surface area (Å²) >= 11 is 1.30. The van der Waals surface area contributed by atoms with Crippen LogP contribution < -0.4 is 5.32 Å². The number of anilines is 1. The number of carbonyl (C=O) groups is 1. The first-order valence-corrected chi connectivity index (χ1v) is 10.2. The largest absolute Gasteiger partial charge is 0.367 e. The van der Waals surface area contributed by atoms with Gasteiger partial charge in [-0.1, -0.05) is 42.1 Å². The third-order valence-electron chi connectivity index (χ3n) is 4.62. The molecule has 0 atom stereocenters. The molecule has 1 amide bonds. The van der Waals surface area contributed by atoms with E-state index in [-0.39, 0.29) is 24.0 Å². The van der Waals surface area contributed by atoms with Gasteiger partial charge in [0.15, 0.2) is 5.16 Å². The van der Waals surface area contributed by atoms with Gasteiger partial charge in [0.25, 0.3) is 0 Å². The molecule has 0 saturated heterocycles. The van der Waals surface area contributed by atoms with Crippen molar-refractivity contribution in [2.45, 2.75) is 30.6 Å². The molecule has 1 aliphatic carbocycles.